The molecule has 10 heteroatoms. The summed E-state index contributed by atoms with van der Waals surface area (Å²) in [4.78, 5) is 52.4. The second-order valence-electron chi connectivity index (χ2n) is 5.94. The van der Waals surface area contributed by atoms with Crippen LogP contribution < -0.4 is 15.5 Å². The number of nitrogens with zero attached hydrogens (tertiary/aromatic N) is 2. The van der Waals surface area contributed by atoms with Crippen molar-refractivity contribution in [2.75, 3.05) is 18.1 Å². The molecule has 2 heterocycles. The van der Waals surface area contributed by atoms with Crippen LogP contribution in [0.2, 0.25) is 0 Å². The first kappa shape index (κ1) is 19.8. The highest BCUT2D eigenvalue weighted by molar-refractivity contribution is 7.14. The summed E-state index contributed by atoms with van der Waals surface area (Å²) in [5.74, 6) is -1.31. The number of carbonyl (C=O) groups is 4. The van der Waals surface area contributed by atoms with Crippen molar-refractivity contribution >= 4 is 40.3 Å². The Morgan fingerprint density at radius 1 is 1.42 bits per heavy atom. The second kappa shape index (κ2) is 9.27. The number of imide groups is 1. The van der Waals surface area contributed by atoms with Gasteiger partial charge in [-0.3, -0.25) is 24.6 Å². The van der Waals surface area contributed by atoms with E-state index >= 15 is 0 Å². The van der Waals surface area contributed by atoms with Crippen LogP contribution in [0.3, 0.4) is 0 Å². The Morgan fingerprint density at radius 2 is 2.19 bits per heavy atom. The van der Waals surface area contributed by atoms with Crippen molar-refractivity contribution in [2.24, 2.45) is 0 Å². The van der Waals surface area contributed by atoms with Crippen LogP contribution in [-0.2, 0) is 25.5 Å². The third-order valence-corrected chi connectivity index (χ3v) is 4.69. The lowest BCUT2D eigenvalue weighted by Gasteiger charge is -2.11. The predicted molar refractivity (Wildman–Crippen MR) is 94.8 cm³/mol. The van der Waals surface area contributed by atoms with Gasteiger partial charge in [-0.05, 0) is 19.8 Å². The Bertz CT molecular complexity index is 690. The highest BCUT2D eigenvalue weighted by atomic mass is 32.1. The molecule has 1 atom stereocenters. The molecule has 26 heavy (non-hydrogen) atoms. The normalized spacial score (nSPS) is 14.8. The van der Waals surface area contributed by atoms with Gasteiger partial charge in [0.15, 0.2) is 11.7 Å². The first-order chi connectivity index (χ1) is 12.4. The van der Waals surface area contributed by atoms with Crippen molar-refractivity contribution in [3.05, 3.63) is 11.1 Å². The second-order valence-corrected chi connectivity index (χ2v) is 6.78. The summed E-state index contributed by atoms with van der Waals surface area (Å²) < 4.78 is 4.85. The quantitative estimate of drug-likeness (QED) is 0.679. The van der Waals surface area contributed by atoms with Crippen molar-refractivity contribution in [3.63, 3.8) is 0 Å². The minimum absolute atomic E-state index is 0.0285. The molecule has 0 radical (unpaired) electrons. The average Bonchev–Trinajstić information content (AvgIpc) is 3.21. The topological polar surface area (TPSA) is 118 Å². The SMILES string of the molecule is CC[C@@H](C)NC(=O)NC(=O)COC(=O)Cc1csc(N2CCCC2=O)n1. The number of nitrogens with one attached hydrogen (secondary N) is 2. The first-order valence-electron chi connectivity index (χ1n) is 8.39. The molecule has 1 fully saturated rings. The van der Waals surface area contributed by atoms with Crippen LogP contribution in [0.4, 0.5) is 9.93 Å². The van der Waals surface area contributed by atoms with E-state index in [0.717, 1.165) is 12.8 Å². The fourth-order valence-electron chi connectivity index (χ4n) is 2.22. The van der Waals surface area contributed by atoms with Gasteiger partial charge in [0, 0.05) is 24.4 Å². The molecule has 4 amide bonds. The van der Waals surface area contributed by atoms with E-state index in [2.05, 4.69) is 15.6 Å². The number of esters is 1. The van der Waals surface area contributed by atoms with Gasteiger partial charge in [0.05, 0.1) is 12.1 Å². The monoisotopic (exact) mass is 382 g/mol. The molecule has 1 aromatic heterocycles. The van der Waals surface area contributed by atoms with Crippen LogP contribution in [0.5, 0.6) is 0 Å². The van der Waals surface area contributed by atoms with Crippen molar-refractivity contribution < 1.29 is 23.9 Å². The standard InChI is InChI=1S/C16H22N4O5S/c1-3-10(2)17-15(24)19-12(21)8-25-14(23)7-11-9-26-16(18-11)20-6-4-5-13(20)22/h9-10H,3-8H2,1-2H3,(H2,17,19,21,24)/t10-/m1/s1. The number of amides is 4. The van der Waals surface area contributed by atoms with E-state index in [4.69, 9.17) is 4.74 Å². The molecule has 0 saturated carbocycles. The molecule has 142 valence electrons. The summed E-state index contributed by atoms with van der Waals surface area (Å²) in [5, 5.41) is 6.90. The number of ether oxygens (including phenoxy) is 1. The van der Waals surface area contributed by atoms with Gasteiger partial charge in [0.2, 0.25) is 5.91 Å². The largest absolute Gasteiger partial charge is 0.455 e. The predicted octanol–water partition coefficient (Wildman–Crippen LogP) is 0.980. The van der Waals surface area contributed by atoms with E-state index in [0.29, 0.717) is 23.8 Å². The van der Waals surface area contributed by atoms with Gasteiger partial charge in [-0.1, -0.05) is 6.92 Å². The lowest BCUT2D eigenvalue weighted by atomic mass is 10.3. The summed E-state index contributed by atoms with van der Waals surface area (Å²) in [6, 6.07) is -0.688. The zero-order chi connectivity index (χ0) is 19.1. The smallest absolute Gasteiger partial charge is 0.321 e. The van der Waals surface area contributed by atoms with E-state index < -0.39 is 24.5 Å². The first-order valence-corrected chi connectivity index (χ1v) is 9.27. The van der Waals surface area contributed by atoms with Crippen LogP contribution in [0.1, 0.15) is 38.8 Å². The Morgan fingerprint density at radius 3 is 2.85 bits per heavy atom. The van der Waals surface area contributed by atoms with E-state index in [1.54, 1.807) is 10.3 Å². The Hall–Kier alpha value is -2.49. The summed E-state index contributed by atoms with van der Waals surface area (Å²) in [5.41, 5.74) is 0.477. The Balaban J connectivity index is 1.73. The lowest BCUT2D eigenvalue weighted by Crippen LogP contribution is -2.44. The molecule has 0 bridgehead atoms. The van der Waals surface area contributed by atoms with E-state index in [1.807, 2.05) is 13.8 Å². The summed E-state index contributed by atoms with van der Waals surface area (Å²) >= 11 is 1.29. The molecular weight excluding hydrogens is 360 g/mol. The number of hydrogen-bond donors (Lipinski definition) is 2. The van der Waals surface area contributed by atoms with Crippen molar-refractivity contribution in [1.82, 2.24) is 15.6 Å². The molecule has 2 N–H and O–H groups in total. The van der Waals surface area contributed by atoms with Gasteiger partial charge in [-0.25, -0.2) is 9.78 Å². The van der Waals surface area contributed by atoms with Crippen molar-refractivity contribution in [2.45, 2.75) is 45.6 Å². The number of hydrogen-bond acceptors (Lipinski definition) is 7. The molecule has 2 rings (SSSR count). The molecule has 1 aromatic rings. The van der Waals surface area contributed by atoms with Gasteiger partial charge < -0.3 is 10.1 Å². The zero-order valence-electron chi connectivity index (χ0n) is 14.7. The zero-order valence-corrected chi connectivity index (χ0v) is 15.6. The van der Waals surface area contributed by atoms with Crippen LogP contribution in [0, 0.1) is 0 Å². The highest BCUT2D eigenvalue weighted by Crippen LogP contribution is 2.25. The maximum Gasteiger partial charge on any atom is 0.321 e. The molecule has 0 aliphatic carbocycles. The van der Waals surface area contributed by atoms with E-state index in [9.17, 15) is 19.2 Å². The molecule has 1 aliphatic rings. The maximum absolute atomic E-state index is 11.8. The molecule has 0 unspecified atom stereocenters. The summed E-state index contributed by atoms with van der Waals surface area (Å²) in [6.07, 6.45) is 1.94. The van der Waals surface area contributed by atoms with Gasteiger partial charge in [-0.15, -0.1) is 11.3 Å². The molecule has 1 saturated heterocycles. The third kappa shape index (κ3) is 5.80. The number of carbonyl (C=O) groups excluding carboxylic acids is 4. The number of anilines is 1. The van der Waals surface area contributed by atoms with Crippen LogP contribution in [0.25, 0.3) is 0 Å². The van der Waals surface area contributed by atoms with E-state index in [1.165, 1.54) is 11.3 Å². The van der Waals surface area contributed by atoms with E-state index in [-0.39, 0.29) is 18.4 Å². The maximum atomic E-state index is 11.8. The highest BCUT2D eigenvalue weighted by Gasteiger charge is 2.24. The van der Waals surface area contributed by atoms with Crippen molar-refractivity contribution in [1.29, 1.82) is 0 Å². The Labute approximate surface area is 155 Å². The van der Waals surface area contributed by atoms with Gasteiger partial charge in [-0.2, -0.15) is 0 Å². The average molecular weight is 382 g/mol. The molecular formula is C16H22N4O5S. The van der Waals surface area contributed by atoms with Crippen LogP contribution >= 0.6 is 11.3 Å². The molecule has 1 aliphatic heterocycles. The fourth-order valence-corrected chi connectivity index (χ4v) is 3.09. The molecule has 0 spiro atoms. The number of thiazole rings is 1. The minimum Gasteiger partial charge on any atom is -0.455 e. The number of aromatic nitrogens is 1. The Kier molecular flexibility index (Phi) is 7.07. The van der Waals surface area contributed by atoms with Crippen LogP contribution in [0.15, 0.2) is 5.38 Å². The molecule has 9 nitrogen and oxygen atoms in total. The lowest BCUT2D eigenvalue weighted by molar-refractivity contribution is -0.147. The van der Waals surface area contributed by atoms with Gasteiger partial charge in [0.1, 0.15) is 0 Å². The summed E-state index contributed by atoms with van der Waals surface area (Å²) in [7, 11) is 0. The van der Waals surface area contributed by atoms with Gasteiger partial charge >= 0.3 is 12.0 Å². The third-order valence-electron chi connectivity index (χ3n) is 3.78. The number of rotatable bonds is 7. The minimum atomic E-state index is -0.708. The van der Waals surface area contributed by atoms with Gasteiger partial charge in [0.25, 0.3) is 5.91 Å². The summed E-state index contributed by atoms with van der Waals surface area (Å²) in [6.45, 7) is 3.80. The number of urea groups is 1. The van der Waals surface area contributed by atoms with Crippen LogP contribution in [-0.4, -0.2) is 48.0 Å². The fraction of sp³-hybridized carbons (Fsp3) is 0.562. The molecule has 0 aromatic carbocycles. The van der Waals surface area contributed by atoms with Crippen molar-refractivity contribution in [3.8, 4) is 0 Å².